The van der Waals surface area contributed by atoms with Gasteiger partial charge in [-0.2, -0.15) is 0 Å². The maximum atomic E-state index is 12.6. The monoisotopic (exact) mass is 449 g/mol. The molecule has 0 unspecified atom stereocenters. The van der Waals surface area contributed by atoms with E-state index in [1.165, 1.54) is 23.9 Å². The Labute approximate surface area is 191 Å². The molecule has 0 aliphatic rings. The average Bonchev–Trinajstić information content (AvgIpc) is 2.74. The molecule has 1 atom stereocenters. The number of aromatic nitrogens is 1. The van der Waals surface area contributed by atoms with Crippen LogP contribution in [0.5, 0.6) is 5.75 Å². The van der Waals surface area contributed by atoms with Gasteiger partial charge in [-0.15, -0.1) is 0 Å². The van der Waals surface area contributed by atoms with Gasteiger partial charge < -0.3 is 25.4 Å². The number of aryl methyl sites for hydroxylation is 4. The third kappa shape index (κ3) is 5.23. The topological polar surface area (TPSA) is 121 Å². The van der Waals surface area contributed by atoms with Crippen LogP contribution in [0.3, 0.4) is 0 Å². The third-order valence-corrected chi connectivity index (χ3v) is 5.58. The number of carboxylic acids is 1. The van der Waals surface area contributed by atoms with Crippen molar-refractivity contribution in [2.75, 3.05) is 5.32 Å². The molecule has 0 radical (unpaired) electrons. The maximum Gasteiger partial charge on any atom is 0.319 e. The molecule has 1 aromatic heterocycles. The van der Waals surface area contributed by atoms with Crippen molar-refractivity contribution in [3.05, 3.63) is 81.3 Å². The lowest BCUT2D eigenvalue weighted by atomic mass is 9.90. The highest BCUT2D eigenvalue weighted by atomic mass is 16.4. The van der Waals surface area contributed by atoms with Crippen LogP contribution in [-0.2, 0) is 11.8 Å². The molecule has 0 fully saturated rings. The lowest BCUT2D eigenvalue weighted by molar-refractivity contribution is -0.137. The summed E-state index contributed by atoms with van der Waals surface area (Å²) >= 11 is 0. The number of hydrogen-bond acceptors (Lipinski definition) is 4. The zero-order chi connectivity index (χ0) is 24.3. The first-order chi connectivity index (χ1) is 15.6. The van der Waals surface area contributed by atoms with E-state index >= 15 is 0 Å². The van der Waals surface area contributed by atoms with Crippen LogP contribution in [0.25, 0.3) is 11.1 Å². The largest absolute Gasteiger partial charge is 0.505 e. The highest BCUT2D eigenvalue weighted by Gasteiger charge is 2.21. The van der Waals surface area contributed by atoms with Crippen LogP contribution < -0.4 is 16.2 Å². The van der Waals surface area contributed by atoms with Crippen molar-refractivity contribution >= 4 is 17.7 Å². The Balaban J connectivity index is 1.96. The molecule has 4 N–H and O–H groups in total. The molecule has 0 saturated carbocycles. The number of carbonyl (C=O) groups is 2. The van der Waals surface area contributed by atoms with Gasteiger partial charge >= 0.3 is 12.0 Å². The van der Waals surface area contributed by atoms with E-state index in [4.69, 9.17) is 0 Å². The number of urea groups is 1. The molecule has 172 valence electrons. The minimum absolute atomic E-state index is 0.285. The first kappa shape index (κ1) is 23.6. The Morgan fingerprint density at radius 3 is 2.33 bits per heavy atom. The Morgan fingerprint density at radius 2 is 1.70 bits per heavy atom. The zero-order valence-electron chi connectivity index (χ0n) is 19.0. The number of nitrogens with one attached hydrogen (secondary N) is 2. The van der Waals surface area contributed by atoms with Crippen molar-refractivity contribution in [1.82, 2.24) is 9.88 Å². The molecular formula is C25H27N3O5. The number of aromatic hydroxyl groups is 1. The summed E-state index contributed by atoms with van der Waals surface area (Å²) in [6.07, 6.45) is 1.01. The van der Waals surface area contributed by atoms with Gasteiger partial charge in [-0.05, 0) is 66.3 Å². The lowest BCUT2D eigenvalue weighted by Gasteiger charge is -2.21. The number of nitrogens with zero attached hydrogens (tertiary/aromatic N) is 1. The molecule has 0 aliphatic carbocycles. The Hall–Kier alpha value is -4.07. The van der Waals surface area contributed by atoms with Gasteiger partial charge in [0.15, 0.2) is 5.69 Å². The lowest BCUT2D eigenvalue weighted by Crippen LogP contribution is -2.36. The smallest absolute Gasteiger partial charge is 0.319 e. The first-order valence-electron chi connectivity index (χ1n) is 10.4. The molecule has 0 saturated heterocycles. The second kappa shape index (κ2) is 9.60. The van der Waals surface area contributed by atoms with Crippen LogP contribution in [0.2, 0.25) is 0 Å². The van der Waals surface area contributed by atoms with Crippen molar-refractivity contribution in [3.63, 3.8) is 0 Å². The fourth-order valence-electron chi connectivity index (χ4n) is 3.84. The predicted octanol–water partition coefficient (Wildman–Crippen LogP) is 4.02. The summed E-state index contributed by atoms with van der Waals surface area (Å²) in [5.74, 6) is -1.47. The van der Waals surface area contributed by atoms with E-state index in [2.05, 4.69) is 10.6 Å². The fraction of sp³-hybridized carbons (Fsp3) is 0.240. The molecule has 8 nitrogen and oxygen atoms in total. The second-order valence-electron chi connectivity index (χ2n) is 8.08. The second-order valence-corrected chi connectivity index (χ2v) is 8.08. The predicted molar refractivity (Wildman–Crippen MR) is 127 cm³/mol. The van der Waals surface area contributed by atoms with Gasteiger partial charge in [0, 0.05) is 13.2 Å². The SMILES string of the molecule is Cc1ccc([C@H](CC(=O)O)NC(=O)Nc2c(O)ccn(C)c2=O)cc1-c1c(C)cccc1C. The number of aliphatic carboxylic acids is 1. The van der Waals surface area contributed by atoms with E-state index < -0.39 is 23.6 Å². The van der Waals surface area contributed by atoms with Gasteiger partial charge in [-0.25, -0.2) is 4.79 Å². The summed E-state index contributed by atoms with van der Waals surface area (Å²) in [5, 5.41) is 24.4. The van der Waals surface area contributed by atoms with E-state index in [0.29, 0.717) is 5.56 Å². The molecule has 3 rings (SSSR count). The molecule has 0 aliphatic heterocycles. The molecule has 0 bridgehead atoms. The van der Waals surface area contributed by atoms with Crippen LogP contribution >= 0.6 is 0 Å². The number of benzene rings is 2. The summed E-state index contributed by atoms with van der Waals surface area (Å²) in [5.41, 5.74) is 4.95. The summed E-state index contributed by atoms with van der Waals surface area (Å²) in [6.45, 7) is 6.01. The average molecular weight is 450 g/mol. The van der Waals surface area contributed by atoms with Gasteiger partial charge in [-0.1, -0.05) is 30.3 Å². The Morgan fingerprint density at radius 1 is 1.03 bits per heavy atom. The molecule has 8 heteroatoms. The molecule has 2 aromatic carbocycles. The third-order valence-electron chi connectivity index (χ3n) is 5.58. The van der Waals surface area contributed by atoms with Crippen molar-refractivity contribution in [2.24, 2.45) is 7.05 Å². The van der Waals surface area contributed by atoms with Crippen LogP contribution in [0, 0.1) is 20.8 Å². The van der Waals surface area contributed by atoms with Crippen molar-refractivity contribution in [1.29, 1.82) is 0 Å². The van der Waals surface area contributed by atoms with E-state index in [9.17, 15) is 24.6 Å². The number of amides is 2. The molecular weight excluding hydrogens is 422 g/mol. The van der Waals surface area contributed by atoms with E-state index in [0.717, 1.165) is 27.8 Å². The molecule has 33 heavy (non-hydrogen) atoms. The maximum absolute atomic E-state index is 12.6. The summed E-state index contributed by atoms with van der Waals surface area (Å²) < 4.78 is 1.21. The first-order valence-corrected chi connectivity index (χ1v) is 10.4. The Kier molecular flexibility index (Phi) is 6.86. The standard InChI is InChI=1S/C25H27N3O5/c1-14-8-9-17(12-18(14)22-15(2)6-5-7-16(22)3)19(13-21(30)31)26-25(33)27-23-20(29)10-11-28(4)24(23)32/h5-12,19,29H,13H2,1-4H3,(H,30,31)(H2,26,27,33)/t19-/m0/s1. The van der Waals surface area contributed by atoms with Gasteiger partial charge in [0.1, 0.15) is 5.75 Å². The van der Waals surface area contributed by atoms with Crippen LogP contribution in [0.15, 0.2) is 53.5 Å². The fourth-order valence-corrected chi connectivity index (χ4v) is 3.84. The van der Waals surface area contributed by atoms with E-state index in [1.54, 1.807) is 6.07 Å². The number of carboxylic acid groups (broad SMARTS) is 1. The van der Waals surface area contributed by atoms with E-state index in [-0.39, 0.29) is 17.9 Å². The molecule has 1 heterocycles. The van der Waals surface area contributed by atoms with Gasteiger partial charge in [0.25, 0.3) is 5.56 Å². The summed E-state index contributed by atoms with van der Waals surface area (Å²) in [4.78, 5) is 36.4. The van der Waals surface area contributed by atoms with Gasteiger partial charge in [0.05, 0.1) is 12.5 Å². The van der Waals surface area contributed by atoms with Crippen molar-refractivity contribution in [2.45, 2.75) is 33.2 Å². The minimum atomic E-state index is -1.09. The normalized spacial score (nSPS) is 11.6. The quantitative estimate of drug-likeness (QED) is 0.453. The van der Waals surface area contributed by atoms with Gasteiger partial charge in [-0.3, -0.25) is 9.59 Å². The highest BCUT2D eigenvalue weighted by molar-refractivity contribution is 5.91. The van der Waals surface area contributed by atoms with Crippen LogP contribution in [-0.4, -0.2) is 26.8 Å². The van der Waals surface area contributed by atoms with Crippen molar-refractivity contribution < 1.29 is 19.8 Å². The van der Waals surface area contributed by atoms with Gasteiger partial charge in [0.2, 0.25) is 0 Å². The van der Waals surface area contributed by atoms with E-state index in [1.807, 2.05) is 51.1 Å². The summed E-state index contributed by atoms with van der Waals surface area (Å²) in [7, 11) is 1.49. The number of carbonyl (C=O) groups excluding carboxylic acids is 1. The molecule has 0 spiro atoms. The highest BCUT2D eigenvalue weighted by Crippen LogP contribution is 2.32. The molecule has 3 aromatic rings. The number of anilines is 1. The van der Waals surface area contributed by atoms with Crippen LogP contribution in [0.4, 0.5) is 10.5 Å². The zero-order valence-corrected chi connectivity index (χ0v) is 19.0. The number of rotatable bonds is 6. The number of pyridine rings is 1. The molecule has 2 amide bonds. The minimum Gasteiger partial charge on any atom is -0.505 e. The van der Waals surface area contributed by atoms with Crippen molar-refractivity contribution in [3.8, 4) is 16.9 Å². The number of hydrogen-bond donors (Lipinski definition) is 4. The summed E-state index contributed by atoms with van der Waals surface area (Å²) in [6, 6.07) is 11.2. The Bertz CT molecular complexity index is 1260. The van der Waals surface area contributed by atoms with Crippen LogP contribution in [0.1, 0.15) is 34.7 Å².